The van der Waals surface area contributed by atoms with E-state index in [0.717, 1.165) is 0 Å². The molecule has 1 heterocycles. The van der Waals surface area contributed by atoms with E-state index in [1.165, 1.54) is 0 Å². The summed E-state index contributed by atoms with van der Waals surface area (Å²) < 4.78 is 26.8. The Morgan fingerprint density at radius 3 is 2.85 bits per heavy atom. The summed E-state index contributed by atoms with van der Waals surface area (Å²) in [5, 5.41) is 0. The molecule has 0 saturated carbocycles. The Kier molecular flexibility index (Phi) is 3.40. The van der Waals surface area contributed by atoms with Crippen molar-refractivity contribution in [3.05, 3.63) is 18.2 Å². The number of hydrogen-bond acceptors (Lipinski definition) is 3. The maximum Gasteiger partial charge on any atom is 0.277 e. The average Bonchev–Trinajstić information content (AvgIpc) is 2.52. The first-order valence-corrected chi connectivity index (χ1v) is 5.35. The second-order valence-corrected chi connectivity index (χ2v) is 3.94. The highest BCUT2D eigenvalue weighted by Crippen LogP contribution is 1.88. The predicted octanol–water partition coefficient (Wildman–Crippen LogP) is -0.646. The number of hydrogen-bond donors (Lipinski definition) is 3. The normalized spacial score (nSPS) is 11.8. The molecule has 3 N–H and O–H groups in total. The molecule has 0 bridgehead atoms. The van der Waals surface area contributed by atoms with Gasteiger partial charge in [0.2, 0.25) is 0 Å². The van der Waals surface area contributed by atoms with E-state index < -0.39 is 10.2 Å². The van der Waals surface area contributed by atoms with Crippen LogP contribution in [0.5, 0.6) is 0 Å². The molecule has 7 heteroatoms. The maximum absolute atomic E-state index is 11.1. The molecule has 0 fully saturated rings. The number of nitrogens with zero attached hydrogens (tertiary/aromatic N) is 1. The fraction of sp³-hybridized carbons (Fsp3) is 0.500. The quantitative estimate of drug-likeness (QED) is 0.596. The summed E-state index contributed by atoms with van der Waals surface area (Å²) in [6, 6.07) is 0. The molecule has 0 spiro atoms. The van der Waals surface area contributed by atoms with Crippen LogP contribution in [0.25, 0.3) is 0 Å². The van der Waals surface area contributed by atoms with Crippen LogP contribution in [0.2, 0.25) is 0 Å². The monoisotopic (exact) mass is 204 g/mol. The summed E-state index contributed by atoms with van der Waals surface area (Å²) in [4.78, 5) is 6.66. The summed E-state index contributed by atoms with van der Waals surface area (Å²) in [6.45, 7) is 2.25. The minimum atomic E-state index is -3.37. The number of rotatable bonds is 5. The number of nitrogens with one attached hydrogen (secondary N) is 3. The standard InChI is InChI=1S/C6H12N4O2S/c1-2-9-13(11,12)10-5-6-7-3-4-8-6/h3-4,9-10H,2,5H2,1H3,(H,7,8). The smallest absolute Gasteiger partial charge is 0.277 e. The Hall–Kier alpha value is -0.920. The van der Waals surface area contributed by atoms with E-state index in [1.54, 1.807) is 19.3 Å². The number of aromatic nitrogens is 2. The van der Waals surface area contributed by atoms with Crippen molar-refractivity contribution >= 4 is 10.2 Å². The van der Waals surface area contributed by atoms with Crippen LogP contribution < -0.4 is 9.44 Å². The molecule has 1 rings (SSSR count). The SMILES string of the molecule is CCNS(=O)(=O)NCc1ncc[nH]1. The molecule has 1 aromatic heterocycles. The zero-order valence-corrected chi connectivity index (χ0v) is 8.06. The van der Waals surface area contributed by atoms with Gasteiger partial charge in [0, 0.05) is 18.9 Å². The van der Waals surface area contributed by atoms with Crippen LogP contribution in [0.15, 0.2) is 12.4 Å². The van der Waals surface area contributed by atoms with Crippen LogP contribution in [-0.4, -0.2) is 24.9 Å². The van der Waals surface area contributed by atoms with E-state index in [1.807, 2.05) is 0 Å². The van der Waals surface area contributed by atoms with Crippen LogP contribution >= 0.6 is 0 Å². The Morgan fingerprint density at radius 1 is 1.54 bits per heavy atom. The van der Waals surface area contributed by atoms with Gasteiger partial charge in [-0.05, 0) is 0 Å². The first-order chi connectivity index (χ1) is 6.14. The highest BCUT2D eigenvalue weighted by molar-refractivity contribution is 7.87. The minimum Gasteiger partial charge on any atom is -0.347 e. The van der Waals surface area contributed by atoms with Gasteiger partial charge in [-0.2, -0.15) is 13.1 Å². The van der Waals surface area contributed by atoms with E-state index in [-0.39, 0.29) is 6.54 Å². The van der Waals surface area contributed by atoms with E-state index >= 15 is 0 Å². The number of aromatic amines is 1. The fourth-order valence-corrected chi connectivity index (χ4v) is 1.61. The summed E-state index contributed by atoms with van der Waals surface area (Å²) >= 11 is 0. The molecule has 0 atom stereocenters. The van der Waals surface area contributed by atoms with Gasteiger partial charge in [0.05, 0.1) is 6.54 Å². The van der Waals surface area contributed by atoms with Crippen molar-refractivity contribution in [2.45, 2.75) is 13.5 Å². The van der Waals surface area contributed by atoms with Crippen molar-refractivity contribution in [2.24, 2.45) is 0 Å². The molecule has 13 heavy (non-hydrogen) atoms. The summed E-state index contributed by atoms with van der Waals surface area (Å²) in [7, 11) is -3.37. The third kappa shape index (κ3) is 3.53. The topological polar surface area (TPSA) is 86.9 Å². The van der Waals surface area contributed by atoms with Crippen molar-refractivity contribution < 1.29 is 8.42 Å². The zero-order chi connectivity index (χ0) is 9.73. The van der Waals surface area contributed by atoms with Crippen LogP contribution in [0.3, 0.4) is 0 Å². The van der Waals surface area contributed by atoms with Crippen molar-refractivity contribution in [3.63, 3.8) is 0 Å². The van der Waals surface area contributed by atoms with Crippen molar-refractivity contribution in [3.8, 4) is 0 Å². The van der Waals surface area contributed by atoms with Gasteiger partial charge in [0.25, 0.3) is 10.2 Å². The Balaban J connectivity index is 2.43. The lowest BCUT2D eigenvalue weighted by Crippen LogP contribution is -2.36. The first-order valence-electron chi connectivity index (χ1n) is 3.86. The third-order valence-electron chi connectivity index (χ3n) is 1.32. The van der Waals surface area contributed by atoms with Gasteiger partial charge >= 0.3 is 0 Å². The summed E-state index contributed by atoms with van der Waals surface area (Å²) in [6.07, 6.45) is 3.20. The second-order valence-electron chi connectivity index (χ2n) is 2.36. The molecular weight excluding hydrogens is 192 g/mol. The highest BCUT2D eigenvalue weighted by Gasteiger charge is 2.06. The van der Waals surface area contributed by atoms with Crippen LogP contribution in [0, 0.1) is 0 Å². The third-order valence-corrected chi connectivity index (χ3v) is 2.51. The van der Waals surface area contributed by atoms with Gasteiger partial charge in [-0.25, -0.2) is 9.71 Å². The van der Waals surface area contributed by atoms with Gasteiger partial charge in [0.1, 0.15) is 5.82 Å². The van der Waals surface area contributed by atoms with Crippen molar-refractivity contribution in [1.82, 2.24) is 19.4 Å². The van der Waals surface area contributed by atoms with E-state index in [4.69, 9.17) is 0 Å². The lowest BCUT2D eigenvalue weighted by atomic mass is 10.6. The molecule has 0 aromatic carbocycles. The molecule has 0 aliphatic carbocycles. The molecule has 1 aromatic rings. The highest BCUT2D eigenvalue weighted by atomic mass is 32.2. The predicted molar refractivity (Wildman–Crippen MR) is 48.0 cm³/mol. The largest absolute Gasteiger partial charge is 0.347 e. The van der Waals surface area contributed by atoms with Gasteiger partial charge in [-0.1, -0.05) is 6.92 Å². The summed E-state index contributed by atoms with van der Waals surface area (Å²) in [5.41, 5.74) is 0. The van der Waals surface area contributed by atoms with Crippen LogP contribution in [0.4, 0.5) is 0 Å². The summed E-state index contributed by atoms with van der Waals surface area (Å²) in [5.74, 6) is 0.585. The number of H-pyrrole nitrogens is 1. The Morgan fingerprint density at radius 2 is 2.31 bits per heavy atom. The molecule has 74 valence electrons. The Labute approximate surface area is 77.0 Å². The fourth-order valence-electron chi connectivity index (χ4n) is 0.799. The van der Waals surface area contributed by atoms with E-state index in [2.05, 4.69) is 19.4 Å². The van der Waals surface area contributed by atoms with E-state index in [0.29, 0.717) is 12.4 Å². The second kappa shape index (κ2) is 4.35. The first kappa shape index (κ1) is 10.2. The number of imidazole rings is 1. The van der Waals surface area contributed by atoms with Crippen molar-refractivity contribution in [2.75, 3.05) is 6.54 Å². The van der Waals surface area contributed by atoms with Gasteiger partial charge in [-0.3, -0.25) is 0 Å². The molecular formula is C6H12N4O2S. The zero-order valence-electron chi connectivity index (χ0n) is 7.24. The molecule has 0 radical (unpaired) electrons. The average molecular weight is 204 g/mol. The van der Waals surface area contributed by atoms with Crippen LogP contribution in [-0.2, 0) is 16.8 Å². The molecule has 0 amide bonds. The molecule has 0 unspecified atom stereocenters. The maximum atomic E-state index is 11.1. The molecule has 0 saturated heterocycles. The molecule has 6 nitrogen and oxygen atoms in total. The molecule has 0 aliphatic heterocycles. The minimum absolute atomic E-state index is 0.169. The Bertz CT molecular complexity index is 332. The van der Waals surface area contributed by atoms with E-state index in [9.17, 15) is 8.42 Å². The lowest BCUT2D eigenvalue weighted by molar-refractivity contribution is 0.567. The van der Waals surface area contributed by atoms with Gasteiger partial charge < -0.3 is 4.98 Å². The molecule has 0 aliphatic rings. The van der Waals surface area contributed by atoms with Gasteiger partial charge in [-0.15, -0.1) is 0 Å². The van der Waals surface area contributed by atoms with Crippen LogP contribution in [0.1, 0.15) is 12.7 Å². The lowest BCUT2D eigenvalue weighted by Gasteiger charge is -2.03. The van der Waals surface area contributed by atoms with Crippen molar-refractivity contribution in [1.29, 1.82) is 0 Å². The van der Waals surface area contributed by atoms with Gasteiger partial charge in [0.15, 0.2) is 0 Å².